The molecule has 0 fully saturated rings. The lowest BCUT2D eigenvalue weighted by atomic mass is 10.2. The van der Waals surface area contributed by atoms with Gasteiger partial charge in [0.2, 0.25) is 11.0 Å². The van der Waals surface area contributed by atoms with Crippen molar-refractivity contribution >= 4 is 22.7 Å². The van der Waals surface area contributed by atoms with Crippen LogP contribution in [0.25, 0.3) is 16.3 Å². The van der Waals surface area contributed by atoms with E-state index in [2.05, 4.69) is 20.2 Å². The van der Waals surface area contributed by atoms with Gasteiger partial charge in [0.05, 0.1) is 12.8 Å². The van der Waals surface area contributed by atoms with E-state index < -0.39 is 17.1 Å². The summed E-state index contributed by atoms with van der Waals surface area (Å²) < 4.78 is 6.15. The number of benzene rings is 2. The maximum absolute atomic E-state index is 12.3. The van der Waals surface area contributed by atoms with Crippen LogP contribution < -0.4 is 16.0 Å². The molecule has 2 heterocycles. The Balaban J connectivity index is 1.68. The van der Waals surface area contributed by atoms with E-state index in [-0.39, 0.29) is 10.7 Å². The van der Waals surface area contributed by atoms with E-state index in [9.17, 15) is 14.7 Å². The van der Waals surface area contributed by atoms with Crippen LogP contribution in [0, 0.1) is 6.92 Å². The van der Waals surface area contributed by atoms with Gasteiger partial charge in [-0.25, -0.2) is 14.4 Å². The summed E-state index contributed by atoms with van der Waals surface area (Å²) >= 11 is 1.21. The number of aliphatic imine (C=N–C) groups is 1. The lowest BCUT2D eigenvalue weighted by molar-refractivity contribution is 0.415. The summed E-state index contributed by atoms with van der Waals surface area (Å²) in [5.41, 5.74) is 0.491. The highest BCUT2D eigenvalue weighted by molar-refractivity contribution is 7.18. The summed E-state index contributed by atoms with van der Waals surface area (Å²) in [6.07, 6.45) is 1.16. The van der Waals surface area contributed by atoms with Gasteiger partial charge in [0, 0.05) is 11.8 Å². The first kappa shape index (κ1) is 20.2. The fourth-order valence-electron chi connectivity index (χ4n) is 2.90. The number of methoxy groups -OCH3 is 1. The van der Waals surface area contributed by atoms with E-state index in [0.717, 1.165) is 27.7 Å². The Morgan fingerprint density at radius 2 is 1.94 bits per heavy atom. The summed E-state index contributed by atoms with van der Waals surface area (Å²) in [4.78, 5) is 30.9. The summed E-state index contributed by atoms with van der Waals surface area (Å²) in [6.45, 7) is 1.86. The molecule has 0 aliphatic rings. The molecule has 0 spiro atoms. The number of nitrogens with zero attached hydrogens (tertiary/aromatic N) is 4. The molecule has 0 aliphatic carbocycles. The van der Waals surface area contributed by atoms with Gasteiger partial charge in [-0.15, -0.1) is 10.2 Å². The highest BCUT2D eigenvalue weighted by Crippen LogP contribution is 2.29. The largest absolute Gasteiger partial charge is 0.497 e. The van der Waals surface area contributed by atoms with Crippen LogP contribution in [-0.4, -0.2) is 38.2 Å². The molecule has 2 aromatic carbocycles. The minimum absolute atomic E-state index is 0.165. The Labute approximate surface area is 180 Å². The molecule has 0 amide bonds. The molecule has 0 aliphatic heterocycles. The van der Waals surface area contributed by atoms with Crippen molar-refractivity contribution in [2.45, 2.75) is 6.92 Å². The standard InChI is InChI=1S/C21H17N5O4S/c1-12-4-3-5-14(10-12)26-19(28)16(17(27)23-21(26)29)11-22-20-25-24-18(31-20)13-6-8-15(30-2)9-7-13/h3-11,28H,1-2H3,(H,23,27,29). The molecule has 2 aromatic heterocycles. The van der Waals surface area contributed by atoms with Gasteiger partial charge in [-0.1, -0.05) is 23.5 Å². The Morgan fingerprint density at radius 1 is 1.16 bits per heavy atom. The molecule has 0 atom stereocenters. The highest BCUT2D eigenvalue weighted by atomic mass is 32.1. The third kappa shape index (κ3) is 4.14. The number of nitrogens with one attached hydrogen (secondary N) is 1. The van der Waals surface area contributed by atoms with Crippen LogP contribution >= 0.6 is 11.3 Å². The average Bonchev–Trinajstić information content (AvgIpc) is 3.22. The van der Waals surface area contributed by atoms with Crippen molar-refractivity contribution < 1.29 is 9.84 Å². The van der Waals surface area contributed by atoms with E-state index in [4.69, 9.17) is 4.74 Å². The maximum atomic E-state index is 12.3. The van der Waals surface area contributed by atoms with Gasteiger partial charge >= 0.3 is 5.69 Å². The summed E-state index contributed by atoms with van der Waals surface area (Å²) in [5, 5.41) is 19.6. The van der Waals surface area contributed by atoms with Crippen molar-refractivity contribution in [2.24, 2.45) is 4.99 Å². The number of rotatable bonds is 5. The van der Waals surface area contributed by atoms with Gasteiger partial charge in [0.25, 0.3) is 5.56 Å². The first-order valence-electron chi connectivity index (χ1n) is 9.13. The van der Waals surface area contributed by atoms with E-state index in [1.54, 1.807) is 25.3 Å². The molecule has 156 valence electrons. The maximum Gasteiger partial charge on any atom is 0.335 e. The zero-order valence-corrected chi connectivity index (χ0v) is 17.4. The van der Waals surface area contributed by atoms with Crippen LogP contribution in [0.2, 0.25) is 0 Å². The van der Waals surface area contributed by atoms with E-state index in [0.29, 0.717) is 10.7 Å². The molecule has 0 saturated carbocycles. The molecule has 4 aromatic rings. The monoisotopic (exact) mass is 435 g/mol. The van der Waals surface area contributed by atoms with Crippen LogP contribution in [0.4, 0.5) is 5.13 Å². The normalized spacial score (nSPS) is 11.2. The molecule has 31 heavy (non-hydrogen) atoms. The minimum atomic E-state index is -0.755. The second-order valence-electron chi connectivity index (χ2n) is 6.55. The van der Waals surface area contributed by atoms with Gasteiger partial charge in [0.15, 0.2) is 0 Å². The van der Waals surface area contributed by atoms with Crippen molar-refractivity contribution in [3.05, 3.63) is 80.5 Å². The molecule has 2 N–H and O–H groups in total. The molecular weight excluding hydrogens is 418 g/mol. The van der Waals surface area contributed by atoms with Crippen molar-refractivity contribution in [3.8, 4) is 27.9 Å². The van der Waals surface area contributed by atoms with Crippen LogP contribution in [-0.2, 0) is 0 Å². The Bertz CT molecular complexity index is 1390. The number of hydrogen-bond donors (Lipinski definition) is 2. The van der Waals surface area contributed by atoms with E-state index in [1.807, 2.05) is 37.3 Å². The van der Waals surface area contributed by atoms with Gasteiger partial charge in [-0.05, 0) is 48.9 Å². The number of aromatic nitrogens is 4. The van der Waals surface area contributed by atoms with Crippen molar-refractivity contribution in [2.75, 3.05) is 7.11 Å². The minimum Gasteiger partial charge on any atom is -0.497 e. The first-order valence-corrected chi connectivity index (χ1v) is 9.95. The molecular formula is C21H17N5O4S. The number of H-pyrrole nitrogens is 1. The number of aromatic amines is 1. The number of hydrogen-bond acceptors (Lipinski definition) is 8. The van der Waals surface area contributed by atoms with Crippen LogP contribution in [0.1, 0.15) is 11.1 Å². The number of ether oxygens (including phenoxy) is 1. The van der Waals surface area contributed by atoms with E-state index >= 15 is 0 Å². The number of aryl methyl sites for hydroxylation is 1. The Hall–Kier alpha value is -4.05. The molecule has 0 bridgehead atoms. The highest BCUT2D eigenvalue weighted by Gasteiger charge is 2.15. The first-order chi connectivity index (χ1) is 15.0. The van der Waals surface area contributed by atoms with Gasteiger partial charge in [0.1, 0.15) is 16.3 Å². The predicted molar refractivity (Wildman–Crippen MR) is 118 cm³/mol. The van der Waals surface area contributed by atoms with Crippen LogP contribution in [0.3, 0.4) is 0 Å². The van der Waals surface area contributed by atoms with E-state index in [1.165, 1.54) is 11.3 Å². The summed E-state index contributed by atoms with van der Waals surface area (Å²) in [7, 11) is 1.59. The Kier molecular flexibility index (Phi) is 5.46. The third-order valence-electron chi connectivity index (χ3n) is 4.44. The van der Waals surface area contributed by atoms with Crippen LogP contribution in [0.5, 0.6) is 11.6 Å². The van der Waals surface area contributed by atoms with Gasteiger partial charge in [-0.2, -0.15) is 0 Å². The zero-order valence-electron chi connectivity index (χ0n) is 16.6. The van der Waals surface area contributed by atoms with Crippen molar-refractivity contribution in [1.82, 2.24) is 19.7 Å². The topological polar surface area (TPSA) is 122 Å². The smallest absolute Gasteiger partial charge is 0.335 e. The molecule has 0 saturated heterocycles. The predicted octanol–water partition coefficient (Wildman–Crippen LogP) is 2.82. The number of aromatic hydroxyl groups is 1. The van der Waals surface area contributed by atoms with Gasteiger partial charge in [-0.3, -0.25) is 9.78 Å². The third-order valence-corrected chi connectivity index (χ3v) is 5.32. The quantitative estimate of drug-likeness (QED) is 0.465. The summed E-state index contributed by atoms with van der Waals surface area (Å²) in [6, 6.07) is 14.3. The van der Waals surface area contributed by atoms with Crippen molar-refractivity contribution in [1.29, 1.82) is 0 Å². The fraction of sp³-hybridized carbons (Fsp3) is 0.0952. The average molecular weight is 435 g/mol. The molecule has 0 unspecified atom stereocenters. The lowest BCUT2D eigenvalue weighted by Gasteiger charge is -2.09. The lowest BCUT2D eigenvalue weighted by Crippen LogP contribution is -2.31. The van der Waals surface area contributed by atoms with Crippen LogP contribution in [0.15, 0.2) is 63.1 Å². The molecule has 4 rings (SSSR count). The molecule has 0 radical (unpaired) electrons. The second kappa shape index (κ2) is 8.36. The second-order valence-corrected chi connectivity index (χ2v) is 7.50. The van der Waals surface area contributed by atoms with Crippen molar-refractivity contribution in [3.63, 3.8) is 0 Å². The molecule has 9 nitrogen and oxygen atoms in total. The van der Waals surface area contributed by atoms with Gasteiger partial charge < -0.3 is 9.84 Å². The zero-order chi connectivity index (χ0) is 22.0. The SMILES string of the molecule is COc1ccc(-c2nnc(N=Cc3c(O)n(-c4cccc(C)c4)c(=O)[nH]c3=O)s2)cc1. The fourth-order valence-corrected chi connectivity index (χ4v) is 3.59. The Morgan fingerprint density at radius 3 is 2.65 bits per heavy atom. The molecule has 10 heteroatoms. The summed E-state index contributed by atoms with van der Waals surface area (Å²) in [5.74, 6) is 0.216.